The molecule has 0 spiro atoms. The van der Waals surface area contributed by atoms with Crippen molar-refractivity contribution in [3.05, 3.63) is 141 Å². The highest BCUT2D eigenvalue weighted by Crippen LogP contribution is 2.43. The number of nitrogens with two attached hydrogens (primary N) is 2. The molecule has 7 aromatic heterocycles. The number of amides is 7. The maximum atomic E-state index is 15.5. The molecule has 11 N–H and O–H groups in total. The van der Waals surface area contributed by atoms with Gasteiger partial charge in [-0.2, -0.15) is 0 Å². The molecule has 3 aliphatic rings. The molecular formula is C60H57N15O10S6. The molecule has 25 nitrogen and oxygen atoms in total. The molecule has 7 amide bonds. The van der Waals surface area contributed by atoms with E-state index in [9.17, 15) is 44.1 Å². The Morgan fingerprint density at radius 3 is 2.13 bits per heavy atom. The van der Waals surface area contributed by atoms with Gasteiger partial charge in [-0.3, -0.25) is 33.6 Å². The fourth-order valence-corrected chi connectivity index (χ4v) is 16.3. The molecule has 0 radical (unpaired) electrons. The van der Waals surface area contributed by atoms with Crippen LogP contribution in [0.5, 0.6) is 5.75 Å². The third-order valence-electron chi connectivity index (χ3n) is 15.7. The van der Waals surface area contributed by atoms with Gasteiger partial charge in [0.25, 0.3) is 23.6 Å². The van der Waals surface area contributed by atoms with Crippen LogP contribution in [-0.2, 0) is 20.8 Å². The Labute approximate surface area is 542 Å². The molecule has 10 heterocycles. The number of hydrogen-bond acceptors (Lipinski definition) is 24. The van der Waals surface area contributed by atoms with Crippen molar-refractivity contribution >= 4 is 115 Å². The van der Waals surface area contributed by atoms with Crippen LogP contribution in [0.2, 0.25) is 0 Å². The number of fused-ring (bicyclic) bond motifs is 16. The SMILES string of the molecule is Cc1sc2nc1C(=O)N[C@@H]([C@H](O)c1ccccc1)c1nc(cs1)C(=O)N[C@@H](Cc1ccc(O)c(NC(=O)CCN3CCCC3)c1)C(=O)N1C[C@H](O)[C@H](C)[C@@H]1c1nc(cs1)-c1nc(cs1)-c1nc(-c3nc(C(N)=O)cs3)ccc1-c1nc(cs1)C(=O)N[C@H]2CC(N)=O. The van der Waals surface area contributed by atoms with Gasteiger partial charge in [0.1, 0.15) is 93.8 Å². The zero-order valence-corrected chi connectivity index (χ0v) is 53.3. The number of carbonyl (C=O) groups excluding carboxylic acids is 7. The van der Waals surface area contributed by atoms with Gasteiger partial charge in [-0.25, -0.2) is 34.9 Å². The van der Waals surface area contributed by atoms with Crippen molar-refractivity contribution < 1.29 is 48.9 Å². The quantitative estimate of drug-likeness (QED) is 0.0567. The first-order valence-electron chi connectivity index (χ1n) is 28.7. The molecule has 0 unspecified atom stereocenters. The Balaban J connectivity index is 0.945. The first-order chi connectivity index (χ1) is 43.8. The maximum Gasteiger partial charge on any atom is 0.271 e. The van der Waals surface area contributed by atoms with Crippen LogP contribution in [0, 0.1) is 12.8 Å². The molecule has 10 bridgehead atoms. The smallest absolute Gasteiger partial charge is 0.271 e. The molecule has 12 rings (SSSR count). The first kappa shape index (κ1) is 62.5. The van der Waals surface area contributed by atoms with Gasteiger partial charge in [-0.05, 0) is 68.2 Å². The molecule has 7 atom stereocenters. The number of aryl methyl sites for hydroxylation is 1. The van der Waals surface area contributed by atoms with Crippen molar-refractivity contribution in [2.24, 2.45) is 17.4 Å². The van der Waals surface area contributed by atoms with E-state index in [2.05, 4.69) is 41.1 Å². The Morgan fingerprint density at radius 1 is 0.703 bits per heavy atom. The minimum absolute atomic E-state index is 0.0302. The van der Waals surface area contributed by atoms with E-state index in [-0.39, 0.29) is 69.5 Å². The maximum absolute atomic E-state index is 15.5. The van der Waals surface area contributed by atoms with Gasteiger partial charge in [-0.15, -0.1) is 68.0 Å². The number of anilines is 1. The number of nitrogens with zero attached hydrogens (tertiary/aromatic N) is 9. The number of aromatic nitrogens is 7. The largest absolute Gasteiger partial charge is 0.506 e. The lowest BCUT2D eigenvalue weighted by atomic mass is 10.00. The minimum atomic E-state index is -1.44. The summed E-state index contributed by atoms with van der Waals surface area (Å²) < 4.78 is 0. The number of nitrogens with one attached hydrogen (secondary N) is 4. The van der Waals surface area contributed by atoms with E-state index >= 15 is 4.79 Å². The fourth-order valence-electron chi connectivity index (χ4n) is 11.0. The molecule has 3 aliphatic heterocycles. The number of aromatic hydroxyl groups is 1. The second-order valence-electron chi connectivity index (χ2n) is 22.0. The van der Waals surface area contributed by atoms with E-state index in [1.165, 1.54) is 49.8 Å². The number of thiazole rings is 6. The molecule has 9 aromatic rings. The number of benzene rings is 2. The van der Waals surface area contributed by atoms with Crippen molar-refractivity contribution in [2.45, 2.75) is 82.3 Å². The monoisotopic (exact) mass is 1340 g/mol. The van der Waals surface area contributed by atoms with Crippen LogP contribution >= 0.6 is 68.0 Å². The van der Waals surface area contributed by atoms with Gasteiger partial charge < -0.3 is 57.9 Å². The summed E-state index contributed by atoms with van der Waals surface area (Å²) in [6, 6.07) is 11.8. The number of pyridine rings is 1. The average molecular weight is 1340 g/mol. The molecule has 468 valence electrons. The van der Waals surface area contributed by atoms with Crippen LogP contribution < -0.4 is 32.7 Å². The molecule has 0 aliphatic carbocycles. The molecule has 91 heavy (non-hydrogen) atoms. The van der Waals surface area contributed by atoms with Gasteiger partial charge in [0.2, 0.25) is 17.7 Å². The summed E-state index contributed by atoms with van der Waals surface area (Å²) in [5, 5.41) is 56.1. The predicted molar refractivity (Wildman–Crippen MR) is 343 cm³/mol. The Morgan fingerprint density at radius 2 is 1.37 bits per heavy atom. The predicted octanol–water partition coefficient (Wildman–Crippen LogP) is 6.81. The normalized spacial score (nSPS) is 20.1. The summed E-state index contributed by atoms with van der Waals surface area (Å²) in [4.78, 5) is 135. The zero-order chi connectivity index (χ0) is 63.8. The number of phenolic OH excluding ortho intramolecular Hbond substituents is 1. The van der Waals surface area contributed by atoms with Crippen LogP contribution in [0.3, 0.4) is 0 Å². The molecule has 0 saturated carbocycles. The van der Waals surface area contributed by atoms with Crippen molar-refractivity contribution in [2.75, 3.05) is 31.5 Å². The van der Waals surface area contributed by atoms with Gasteiger partial charge >= 0.3 is 0 Å². The minimum Gasteiger partial charge on any atom is -0.506 e. The van der Waals surface area contributed by atoms with Crippen molar-refractivity contribution in [3.63, 3.8) is 0 Å². The van der Waals surface area contributed by atoms with Gasteiger partial charge in [0.15, 0.2) is 0 Å². The number of aliphatic hydroxyl groups is 2. The standard InChI is InChI=1S/C60H57N15O10S6/c1-27-42(77)21-75-48(27)59-71-40(26-90-59)56-67-36(22-87-56)46-31(11-12-32(64-46)55-68-37(23-88-55)50(62)81)54-69-38(24-86-54)51(82)65-34(20-43(61)78)57-73-45(28(2)91-57)53(84)72-47(49(80)30-8-4-3-5-9-30)58-70-39(25-89-58)52(83)66-35(60(75)85)19-29-10-13-41(76)33(18-29)63-44(79)14-17-74-15-6-7-16-74/h3-5,8-13,18,22-27,34-35,42,47-49,76-77,80H,6-7,14-17,19-21H2,1-2H3,(H2,61,78)(H2,62,81)(H,63,79)(H,65,82)(H,66,83)(H,72,84)/t27-,34-,35-,42-,47-,48+,49+/m0/s1. The number of rotatable bonds is 12. The highest BCUT2D eigenvalue weighted by atomic mass is 32.1. The van der Waals surface area contributed by atoms with Crippen molar-refractivity contribution in [1.82, 2.24) is 60.6 Å². The Kier molecular flexibility index (Phi) is 18.3. The van der Waals surface area contributed by atoms with Crippen LogP contribution in [0.4, 0.5) is 5.69 Å². The lowest BCUT2D eigenvalue weighted by molar-refractivity contribution is -0.134. The van der Waals surface area contributed by atoms with E-state index in [4.69, 9.17) is 31.4 Å². The van der Waals surface area contributed by atoms with Gasteiger partial charge in [-0.1, -0.05) is 43.3 Å². The van der Waals surface area contributed by atoms with Gasteiger partial charge in [0, 0.05) is 69.2 Å². The highest BCUT2D eigenvalue weighted by molar-refractivity contribution is 7.15. The Hall–Kier alpha value is -8.66. The second kappa shape index (κ2) is 26.7. The number of hydrogen-bond donors (Lipinski definition) is 9. The average Bonchev–Trinajstić information content (AvgIpc) is 1.68. The van der Waals surface area contributed by atoms with Gasteiger partial charge in [0.05, 0.1) is 36.0 Å². The van der Waals surface area contributed by atoms with Crippen molar-refractivity contribution in [3.8, 4) is 49.1 Å². The summed E-state index contributed by atoms with van der Waals surface area (Å²) >= 11 is 6.80. The summed E-state index contributed by atoms with van der Waals surface area (Å²) in [5.74, 6) is -5.45. The lowest BCUT2D eigenvalue weighted by Gasteiger charge is -2.29. The number of phenols is 1. The van der Waals surface area contributed by atoms with E-state index in [0.717, 1.165) is 71.3 Å². The summed E-state index contributed by atoms with van der Waals surface area (Å²) in [5.41, 5.74) is 14.0. The first-order valence-corrected chi connectivity index (χ1v) is 33.9. The van der Waals surface area contributed by atoms with E-state index < -0.39 is 84.2 Å². The second-order valence-corrected chi connectivity index (χ2v) is 27.6. The lowest BCUT2D eigenvalue weighted by Crippen LogP contribution is -2.50. The summed E-state index contributed by atoms with van der Waals surface area (Å²) in [7, 11) is 0. The number of likely N-dealkylation sites (tertiary alicyclic amines) is 1. The number of aliphatic hydroxyl groups excluding tert-OH is 2. The topological polar surface area (TPSA) is 377 Å². The van der Waals surface area contributed by atoms with Crippen molar-refractivity contribution in [1.29, 1.82) is 0 Å². The number of primary amides is 2. The number of carbonyl (C=O) groups is 7. The van der Waals surface area contributed by atoms with Crippen LogP contribution in [-0.4, -0.2) is 140 Å². The molecular weight excluding hydrogens is 1280 g/mol. The molecule has 2 aromatic carbocycles. The molecule has 2 fully saturated rings. The van der Waals surface area contributed by atoms with E-state index in [0.29, 0.717) is 70.9 Å². The van der Waals surface area contributed by atoms with Crippen LogP contribution in [0.15, 0.2) is 87.6 Å². The fraction of sp³-hybridized carbons (Fsp3) is 0.300. The zero-order valence-electron chi connectivity index (χ0n) is 48.4. The Bertz CT molecular complexity index is 4270. The summed E-state index contributed by atoms with van der Waals surface area (Å²) in [6.45, 7) is 5.63. The molecule has 31 heteroatoms. The third kappa shape index (κ3) is 13.6. The van der Waals surface area contributed by atoms with E-state index in [1.54, 1.807) is 79.2 Å². The molecule has 2 saturated heterocycles. The highest BCUT2D eigenvalue weighted by Gasteiger charge is 2.46. The summed E-state index contributed by atoms with van der Waals surface area (Å²) in [6.07, 6.45) is -0.754. The third-order valence-corrected chi connectivity index (χ3v) is 21.3. The van der Waals surface area contributed by atoms with Crippen LogP contribution in [0.1, 0.15) is 130 Å². The van der Waals surface area contributed by atoms with Crippen LogP contribution in [0.25, 0.3) is 43.4 Å². The van der Waals surface area contributed by atoms with E-state index in [1.807, 2.05) is 0 Å².